The van der Waals surface area contributed by atoms with Crippen LogP contribution in [-0.2, 0) is 0 Å². The number of allylic oxidation sites excluding steroid dienone is 2. The Bertz CT molecular complexity index is 453. The monoisotopic (exact) mass is 198 g/mol. The van der Waals surface area contributed by atoms with Gasteiger partial charge in [-0.1, -0.05) is 30.3 Å². The Hall–Kier alpha value is -1.83. The molecule has 0 saturated carbocycles. The van der Waals surface area contributed by atoms with Crippen LogP contribution < -0.4 is 0 Å². The van der Waals surface area contributed by atoms with Crippen molar-refractivity contribution in [2.75, 3.05) is 0 Å². The molecule has 1 heterocycles. The van der Waals surface area contributed by atoms with Gasteiger partial charge in [-0.05, 0) is 30.6 Å². The van der Waals surface area contributed by atoms with Crippen LogP contribution in [0.3, 0.4) is 0 Å². The van der Waals surface area contributed by atoms with Crippen molar-refractivity contribution in [1.82, 2.24) is 9.97 Å². The second kappa shape index (κ2) is 4.13. The molecule has 1 aromatic carbocycles. The topological polar surface area (TPSA) is 28.7 Å². The number of aromatic amines is 1. The Balaban J connectivity index is 2.42. The van der Waals surface area contributed by atoms with Gasteiger partial charge in [-0.25, -0.2) is 4.98 Å². The molecule has 0 unspecified atom stereocenters. The van der Waals surface area contributed by atoms with Gasteiger partial charge >= 0.3 is 0 Å². The van der Waals surface area contributed by atoms with Gasteiger partial charge in [-0.15, -0.1) is 0 Å². The Morgan fingerprint density at radius 1 is 1.07 bits per heavy atom. The number of rotatable bonds is 2. The summed E-state index contributed by atoms with van der Waals surface area (Å²) in [5.41, 5.74) is 3.68. The molecule has 2 aromatic rings. The normalized spacial score (nSPS) is 12.4. The van der Waals surface area contributed by atoms with E-state index >= 15 is 0 Å². The van der Waals surface area contributed by atoms with Crippen molar-refractivity contribution in [3.63, 3.8) is 0 Å². The highest BCUT2D eigenvalue weighted by atomic mass is 14.9. The molecule has 15 heavy (non-hydrogen) atoms. The zero-order valence-electron chi connectivity index (χ0n) is 8.99. The molecule has 1 N–H and O–H groups in total. The summed E-state index contributed by atoms with van der Waals surface area (Å²) in [6.45, 7) is 4.20. The molecule has 2 nitrogen and oxygen atoms in total. The number of aromatic nitrogens is 2. The maximum Gasteiger partial charge on any atom is 0.133 e. The zero-order valence-corrected chi connectivity index (χ0v) is 8.99. The number of hydrogen-bond donors (Lipinski definition) is 1. The molecular formula is C13H14N2. The van der Waals surface area contributed by atoms with Gasteiger partial charge in [-0.3, -0.25) is 0 Å². The summed E-state index contributed by atoms with van der Waals surface area (Å²) in [4.78, 5) is 7.37. The molecule has 2 heteroatoms. The van der Waals surface area contributed by atoms with E-state index in [0.29, 0.717) is 0 Å². The standard InChI is InChI=1S/C13H14N2/c1-10(12-6-4-3-5-7-12)11(2)13-14-8-9-15-13/h3-9H,1-2H3,(H,14,15). The van der Waals surface area contributed by atoms with Crippen molar-refractivity contribution in [2.24, 2.45) is 0 Å². The van der Waals surface area contributed by atoms with E-state index in [1.165, 1.54) is 16.7 Å². The molecule has 0 bridgehead atoms. The summed E-state index contributed by atoms with van der Waals surface area (Å²) in [7, 11) is 0. The van der Waals surface area contributed by atoms with Crippen LogP contribution in [0.15, 0.2) is 42.7 Å². The maximum atomic E-state index is 4.25. The lowest BCUT2D eigenvalue weighted by molar-refractivity contribution is 1.23. The molecular weight excluding hydrogens is 184 g/mol. The van der Waals surface area contributed by atoms with Gasteiger partial charge in [-0.2, -0.15) is 0 Å². The third-order valence-corrected chi connectivity index (χ3v) is 2.62. The van der Waals surface area contributed by atoms with Crippen LogP contribution in [0.2, 0.25) is 0 Å². The average molecular weight is 198 g/mol. The van der Waals surface area contributed by atoms with Gasteiger partial charge in [0.1, 0.15) is 5.82 Å². The average Bonchev–Trinajstić information content (AvgIpc) is 2.82. The van der Waals surface area contributed by atoms with Crippen molar-refractivity contribution in [3.05, 3.63) is 54.1 Å². The largest absolute Gasteiger partial charge is 0.345 e. The lowest BCUT2D eigenvalue weighted by Gasteiger charge is -2.05. The Kier molecular flexibility index (Phi) is 2.68. The predicted octanol–water partition coefficient (Wildman–Crippen LogP) is 3.36. The van der Waals surface area contributed by atoms with Gasteiger partial charge in [0.25, 0.3) is 0 Å². The summed E-state index contributed by atoms with van der Waals surface area (Å²) >= 11 is 0. The molecule has 0 aliphatic heterocycles. The molecule has 76 valence electrons. The number of H-pyrrole nitrogens is 1. The quantitative estimate of drug-likeness (QED) is 0.787. The fourth-order valence-electron chi connectivity index (χ4n) is 1.55. The van der Waals surface area contributed by atoms with Crippen molar-refractivity contribution < 1.29 is 0 Å². The third-order valence-electron chi connectivity index (χ3n) is 2.62. The fourth-order valence-corrected chi connectivity index (χ4v) is 1.55. The lowest BCUT2D eigenvalue weighted by atomic mass is 10.0. The van der Waals surface area contributed by atoms with E-state index in [1.54, 1.807) is 6.20 Å². The molecule has 0 spiro atoms. The molecule has 0 radical (unpaired) electrons. The van der Waals surface area contributed by atoms with Gasteiger partial charge < -0.3 is 4.98 Å². The first-order chi connectivity index (χ1) is 7.29. The summed E-state index contributed by atoms with van der Waals surface area (Å²) in [5.74, 6) is 0.941. The molecule has 0 atom stereocenters. The minimum absolute atomic E-state index is 0.941. The van der Waals surface area contributed by atoms with Crippen LogP contribution in [-0.4, -0.2) is 9.97 Å². The number of benzene rings is 1. The van der Waals surface area contributed by atoms with Crippen LogP contribution in [0.1, 0.15) is 25.2 Å². The fraction of sp³-hybridized carbons (Fsp3) is 0.154. The van der Waals surface area contributed by atoms with E-state index in [4.69, 9.17) is 0 Å². The smallest absolute Gasteiger partial charge is 0.133 e. The molecule has 0 aliphatic rings. The first kappa shape index (κ1) is 9.71. The Morgan fingerprint density at radius 2 is 1.80 bits per heavy atom. The van der Waals surface area contributed by atoms with Crippen LogP contribution in [0, 0.1) is 0 Å². The van der Waals surface area contributed by atoms with E-state index < -0.39 is 0 Å². The minimum Gasteiger partial charge on any atom is -0.345 e. The zero-order chi connectivity index (χ0) is 10.7. The van der Waals surface area contributed by atoms with Crippen molar-refractivity contribution >= 4 is 11.1 Å². The molecule has 1 aromatic heterocycles. The summed E-state index contributed by atoms with van der Waals surface area (Å²) in [6, 6.07) is 10.4. The Morgan fingerprint density at radius 3 is 2.40 bits per heavy atom. The summed E-state index contributed by atoms with van der Waals surface area (Å²) in [6.07, 6.45) is 3.62. The summed E-state index contributed by atoms with van der Waals surface area (Å²) < 4.78 is 0. The van der Waals surface area contributed by atoms with E-state index in [9.17, 15) is 0 Å². The molecule has 2 rings (SSSR count). The lowest BCUT2D eigenvalue weighted by Crippen LogP contribution is -1.87. The van der Waals surface area contributed by atoms with Gasteiger partial charge in [0.05, 0.1) is 0 Å². The highest BCUT2D eigenvalue weighted by molar-refractivity contribution is 5.86. The van der Waals surface area contributed by atoms with Crippen molar-refractivity contribution in [1.29, 1.82) is 0 Å². The van der Waals surface area contributed by atoms with Crippen molar-refractivity contribution in [3.8, 4) is 0 Å². The third kappa shape index (κ3) is 1.99. The maximum absolute atomic E-state index is 4.25. The van der Waals surface area contributed by atoms with E-state index in [0.717, 1.165) is 5.82 Å². The van der Waals surface area contributed by atoms with Crippen LogP contribution in [0.4, 0.5) is 0 Å². The van der Waals surface area contributed by atoms with Crippen LogP contribution in [0.5, 0.6) is 0 Å². The second-order valence-electron chi connectivity index (χ2n) is 3.55. The Labute approximate surface area is 89.7 Å². The minimum atomic E-state index is 0.941. The van der Waals surface area contributed by atoms with E-state index in [2.05, 4.69) is 35.9 Å². The highest BCUT2D eigenvalue weighted by Crippen LogP contribution is 2.22. The summed E-state index contributed by atoms with van der Waals surface area (Å²) in [5, 5.41) is 0. The van der Waals surface area contributed by atoms with Crippen LogP contribution in [0.25, 0.3) is 11.1 Å². The van der Waals surface area contributed by atoms with Gasteiger partial charge in [0, 0.05) is 12.4 Å². The number of imidazole rings is 1. The highest BCUT2D eigenvalue weighted by Gasteiger charge is 2.03. The SMILES string of the molecule is CC(=C(C)c1ncc[nH]1)c1ccccc1. The number of nitrogens with one attached hydrogen (secondary N) is 1. The number of nitrogens with zero attached hydrogens (tertiary/aromatic N) is 1. The van der Waals surface area contributed by atoms with E-state index in [-0.39, 0.29) is 0 Å². The molecule has 0 fully saturated rings. The first-order valence-corrected chi connectivity index (χ1v) is 5.01. The van der Waals surface area contributed by atoms with Gasteiger partial charge in [0.15, 0.2) is 0 Å². The van der Waals surface area contributed by atoms with Crippen LogP contribution >= 0.6 is 0 Å². The second-order valence-corrected chi connectivity index (χ2v) is 3.55. The van der Waals surface area contributed by atoms with E-state index in [1.807, 2.05) is 24.4 Å². The molecule has 0 amide bonds. The van der Waals surface area contributed by atoms with Crippen molar-refractivity contribution in [2.45, 2.75) is 13.8 Å². The number of hydrogen-bond acceptors (Lipinski definition) is 1. The molecule has 0 saturated heterocycles. The molecule has 0 aliphatic carbocycles. The predicted molar refractivity (Wildman–Crippen MR) is 63.2 cm³/mol. The van der Waals surface area contributed by atoms with Gasteiger partial charge in [0.2, 0.25) is 0 Å². The first-order valence-electron chi connectivity index (χ1n) is 5.01.